The van der Waals surface area contributed by atoms with Crippen LogP contribution in [0.15, 0.2) is 52.9 Å². The summed E-state index contributed by atoms with van der Waals surface area (Å²) in [6.45, 7) is 8.26. The first kappa shape index (κ1) is 21.4. The number of nitrogens with zero attached hydrogens (tertiary/aromatic N) is 2. The van der Waals surface area contributed by atoms with Crippen LogP contribution in [0.1, 0.15) is 28.1 Å². The number of carbonyl (C=O) groups excluding carboxylic acids is 1. The number of aryl methyl sites for hydroxylation is 1. The number of benzene rings is 2. The highest BCUT2D eigenvalue weighted by molar-refractivity contribution is 5.99. The molecule has 0 radical (unpaired) electrons. The van der Waals surface area contributed by atoms with Crippen LogP contribution in [-0.4, -0.2) is 57.2 Å². The molecule has 3 aromatic rings. The maximum atomic E-state index is 12.7. The molecule has 1 aromatic heterocycles. The van der Waals surface area contributed by atoms with Gasteiger partial charge in [-0.2, -0.15) is 0 Å². The molecule has 1 saturated heterocycles. The second-order valence-electron chi connectivity index (χ2n) is 8.12. The predicted molar refractivity (Wildman–Crippen MR) is 124 cm³/mol. The number of ether oxygens (including phenoxy) is 1. The first-order valence-corrected chi connectivity index (χ1v) is 11.0. The van der Waals surface area contributed by atoms with E-state index in [0.717, 1.165) is 50.1 Å². The lowest BCUT2D eigenvalue weighted by Crippen LogP contribution is -2.47. The van der Waals surface area contributed by atoms with Crippen LogP contribution >= 0.6 is 0 Å². The van der Waals surface area contributed by atoms with Crippen LogP contribution < -0.4 is 10.2 Å². The number of anilines is 1. The van der Waals surface area contributed by atoms with Gasteiger partial charge in [0.25, 0.3) is 5.91 Å². The fourth-order valence-corrected chi connectivity index (χ4v) is 4.21. The Labute approximate surface area is 183 Å². The number of methoxy groups -OCH3 is 1. The second kappa shape index (κ2) is 9.98. The molecule has 4 rings (SSSR count). The molecule has 0 saturated carbocycles. The number of rotatable bonds is 8. The Hall–Kier alpha value is -2.83. The molecular formula is C25H31N3O3. The molecule has 1 N–H and O–H groups in total. The third kappa shape index (κ3) is 5.09. The second-order valence-corrected chi connectivity index (χ2v) is 8.12. The Kier molecular flexibility index (Phi) is 6.89. The van der Waals surface area contributed by atoms with Gasteiger partial charge >= 0.3 is 0 Å². The Bertz CT molecular complexity index is 1020. The van der Waals surface area contributed by atoms with Crippen molar-refractivity contribution in [1.82, 2.24) is 10.2 Å². The summed E-state index contributed by atoms with van der Waals surface area (Å²) in [5.41, 5.74) is 4.13. The Balaban J connectivity index is 1.24. The first-order chi connectivity index (χ1) is 15.2. The molecule has 6 heteroatoms. The summed E-state index contributed by atoms with van der Waals surface area (Å²) >= 11 is 0. The van der Waals surface area contributed by atoms with Crippen molar-refractivity contribution in [3.63, 3.8) is 0 Å². The molecule has 0 bridgehead atoms. The average Bonchev–Trinajstić information content (AvgIpc) is 3.16. The quantitative estimate of drug-likeness (QED) is 0.560. The van der Waals surface area contributed by atoms with Crippen LogP contribution in [0.4, 0.5) is 5.69 Å². The van der Waals surface area contributed by atoms with Crippen LogP contribution in [0.25, 0.3) is 11.0 Å². The maximum absolute atomic E-state index is 12.7. The summed E-state index contributed by atoms with van der Waals surface area (Å²) in [5.74, 6) is 0.183. The molecular weight excluding hydrogens is 390 g/mol. The number of piperazine rings is 1. The first-order valence-electron chi connectivity index (χ1n) is 11.0. The lowest BCUT2D eigenvalue weighted by Gasteiger charge is -2.36. The van der Waals surface area contributed by atoms with E-state index in [0.29, 0.717) is 24.5 Å². The summed E-state index contributed by atoms with van der Waals surface area (Å²) in [6.07, 6.45) is 0.913. The number of furan rings is 1. The molecule has 0 aliphatic carbocycles. The summed E-state index contributed by atoms with van der Waals surface area (Å²) in [5, 5.41) is 3.95. The van der Waals surface area contributed by atoms with Gasteiger partial charge in [0, 0.05) is 56.5 Å². The van der Waals surface area contributed by atoms with E-state index in [4.69, 9.17) is 9.15 Å². The molecule has 6 nitrogen and oxygen atoms in total. The van der Waals surface area contributed by atoms with Crippen LogP contribution in [0.5, 0.6) is 0 Å². The van der Waals surface area contributed by atoms with E-state index in [-0.39, 0.29) is 5.91 Å². The summed E-state index contributed by atoms with van der Waals surface area (Å²) < 4.78 is 11.1. The van der Waals surface area contributed by atoms with Crippen LogP contribution in [0.2, 0.25) is 0 Å². The topological polar surface area (TPSA) is 58.0 Å². The Morgan fingerprint density at radius 3 is 2.68 bits per heavy atom. The smallest absolute Gasteiger partial charge is 0.287 e. The lowest BCUT2D eigenvalue weighted by molar-refractivity contribution is 0.0919. The monoisotopic (exact) mass is 421 g/mol. The molecule has 1 fully saturated rings. The van der Waals surface area contributed by atoms with E-state index in [1.807, 2.05) is 24.3 Å². The van der Waals surface area contributed by atoms with Crippen molar-refractivity contribution in [3.8, 4) is 0 Å². The summed E-state index contributed by atoms with van der Waals surface area (Å²) in [7, 11) is 1.63. The molecule has 2 aromatic carbocycles. The van der Waals surface area contributed by atoms with Crippen molar-refractivity contribution in [3.05, 3.63) is 65.4 Å². The minimum absolute atomic E-state index is 0.174. The van der Waals surface area contributed by atoms with Crippen molar-refractivity contribution >= 4 is 22.6 Å². The van der Waals surface area contributed by atoms with E-state index in [2.05, 4.69) is 46.3 Å². The van der Waals surface area contributed by atoms with Gasteiger partial charge in [0.1, 0.15) is 5.58 Å². The molecule has 0 atom stereocenters. The van der Waals surface area contributed by atoms with Gasteiger partial charge < -0.3 is 19.4 Å². The zero-order valence-corrected chi connectivity index (χ0v) is 18.4. The average molecular weight is 422 g/mol. The van der Waals surface area contributed by atoms with Gasteiger partial charge in [0.2, 0.25) is 0 Å². The van der Waals surface area contributed by atoms with E-state index in [1.165, 1.54) is 11.3 Å². The van der Waals surface area contributed by atoms with Crippen LogP contribution in [0.3, 0.4) is 0 Å². The zero-order valence-electron chi connectivity index (χ0n) is 18.4. The maximum Gasteiger partial charge on any atom is 0.287 e. The predicted octanol–water partition coefficient (Wildman–Crippen LogP) is 3.83. The summed E-state index contributed by atoms with van der Waals surface area (Å²) in [4.78, 5) is 17.6. The van der Waals surface area contributed by atoms with E-state index in [9.17, 15) is 4.79 Å². The van der Waals surface area contributed by atoms with Crippen molar-refractivity contribution in [1.29, 1.82) is 0 Å². The standard InChI is InChI=1S/C25H31N3O3/c1-19-7-5-8-20(17-19)28-15-13-27(14-16-28)12-6-11-26-25(29)24-22(18-30-2)21-9-3-4-10-23(21)31-24/h3-5,7-10,17H,6,11-16,18H2,1-2H3,(H,26,29). The zero-order chi connectivity index (χ0) is 21.6. The van der Waals surface area contributed by atoms with E-state index < -0.39 is 0 Å². The highest BCUT2D eigenvalue weighted by Crippen LogP contribution is 2.26. The number of carbonyl (C=O) groups is 1. The SMILES string of the molecule is COCc1c(C(=O)NCCCN2CCN(c3cccc(C)c3)CC2)oc2ccccc12. The fourth-order valence-electron chi connectivity index (χ4n) is 4.21. The van der Waals surface area contributed by atoms with E-state index >= 15 is 0 Å². The van der Waals surface area contributed by atoms with Gasteiger partial charge in [0.05, 0.1) is 6.61 Å². The normalized spacial score (nSPS) is 14.8. The highest BCUT2D eigenvalue weighted by atomic mass is 16.5. The molecule has 2 heterocycles. The Morgan fingerprint density at radius 1 is 1.10 bits per heavy atom. The van der Waals surface area contributed by atoms with Crippen molar-refractivity contribution in [2.45, 2.75) is 20.0 Å². The number of hydrogen-bond donors (Lipinski definition) is 1. The number of para-hydroxylation sites is 1. The molecule has 1 aliphatic rings. The molecule has 0 unspecified atom stereocenters. The molecule has 1 aliphatic heterocycles. The van der Waals surface area contributed by atoms with Crippen molar-refractivity contribution in [2.75, 3.05) is 51.3 Å². The van der Waals surface area contributed by atoms with Gasteiger partial charge in [0.15, 0.2) is 5.76 Å². The number of nitrogens with one attached hydrogen (secondary N) is 1. The minimum atomic E-state index is -0.174. The molecule has 0 spiro atoms. The third-order valence-corrected chi connectivity index (χ3v) is 5.87. The number of fused-ring (bicyclic) bond motifs is 1. The largest absolute Gasteiger partial charge is 0.451 e. The van der Waals surface area contributed by atoms with Gasteiger partial charge in [-0.15, -0.1) is 0 Å². The highest BCUT2D eigenvalue weighted by Gasteiger charge is 2.20. The summed E-state index contributed by atoms with van der Waals surface area (Å²) in [6, 6.07) is 16.4. The fraction of sp³-hybridized carbons (Fsp3) is 0.400. The minimum Gasteiger partial charge on any atom is -0.451 e. The van der Waals surface area contributed by atoms with Gasteiger partial charge in [-0.05, 0) is 43.7 Å². The van der Waals surface area contributed by atoms with Crippen LogP contribution in [0, 0.1) is 6.92 Å². The molecule has 1 amide bonds. The van der Waals surface area contributed by atoms with Crippen molar-refractivity contribution in [2.24, 2.45) is 0 Å². The third-order valence-electron chi connectivity index (χ3n) is 5.87. The molecule has 164 valence electrons. The van der Waals surface area contributed by atoms with Gasteiger partial charge in [-0.1, -0.05) is 30.3 Å². The number of amides is 1. The molecule has 31 heavy (non-hydrogen) atoms. The number of hydrogen-bond acceptors (Lipinski definition) is 5. The van der Waals surface area contributed by atoms with Crippen molar-refractivity contribution < 1.29 is 13.9 Å². The lowest BCUT2D eigenvalue weighted by atomic mass is 10.1. The van der Waals surface area contributed by atoms with Gasteiger partial charge in [-0.25, -0.2) is 0 Å². The van der Waals surface area contributed by atoms with Crippen LogP contribution in [-0.2, 0) is 11.3 Å². The van der Waals surface area contributed by atoms with E-state index in [1.54, 1.807) is 7.11 Å². The van der Waals surface area contributed by atoms with Gasteiger partial charge in [-0.3, -0.25) is 9.69 Å². The Morgan fingerprint density at radius 2 is 1.90 bits per heavy atom.